The summed E-state index contributed by atoms with van der Waals surface area (Å²) in [5.74, 6) is 0.604. The molecule has 3 rings (SSSR count). The van der Waals surface area contributed by atoms with Gasteiger partial charge in [-0.25, -0.2) is 13.0 Å². The molecule has 4 N–H and O–H groups in total. The first-order chi connectivity index (χ1) is 16.9. The van der Waals surface area contributed by atoms with Crippen LogP contribution in [-0.4, -0.2) is 48.7 Å². The van der Waals surface area contributed by atoms with Gasteiger partial charge in [0.25, 0.3) is 10.0 Å². The monoisotopic (exact) mass is 554 g/mol. The molecule has 0 heterocycles. The highest BCUT2D eigenvalue weighted by Crippen LogP contribution is 2.26. The van der Waals surface area contributed by atoms with E-state index in [9.17, 15) is 8.42 Å². The first kappa shape index (κ1) is 29.5. The Bertz CT molecular complexity index is 1290. The number of anilines is 1. The molecule has 0 amide bonds. The van der Waals surface area contributed by atoms with Crippen molar-refractivity contribution in [3.63, 3.8) is 0 Å². The van der Waals surface area contributed by atoms with E-state index in [0.29, 0.717) is 29.5 Å². The number of hydrogen-bond acceptors (Lipinski definition) is 5. The third-order valence-electron chi connectivity index (χ3n) is 4.67. The highest BCUT2D eigenvalue weighted by Gasteiger charge is 2.16. The van der Waals surface area contributed by atoms with Crippen molar-refractivity contribution in [3.05, 3.63) is 95.0 Å². The van der Waals surface area contributed by atoms with Crippen molar-refractivity contribution in [2.75, 3.05) is 25.4 Å². The number of sulfonamides is 1. The molecule has 0 saturated heterocycles. The third-order valence-corrected chi connectivity index (χ3v) is 6.30. The van der Waals surface area contributed by atoms with Gasteiger partial charge in [-0.2, -0.15) is 0 Å². The largest absolute Gasteiger partial charge is 0.497 e. The standard InChI is InChI=1S/C24H25ClN2O3S.H3O4P/c1-27(17-5-6-19-9-11-21(25)12-10-19)18-20-7-3-4-8-24(20)26-31(28,29)23-15-13-22(30-2)14-16-23;1-5(2,3)4/h3-16,26H,17-18H2,1-2H3;(H3,1,2,3,4). The number of benzene rings is 3. The quantitative estimate of drug-likeness (QED) is 0.286. The van der Waals surface area contributed by atoms with Crippen LogP contribution in [0.1, 0.15) is 11.1 Å². The Morgan fingerprint density at radius 2 is 1.58 bits per heavy atom. The number of nitrogens with zero attached hydrogens (tertiary/aromatic N) is 1. The third kappa shape index (κ3) is 10.9. The van der Waals surface area contributed by atoms with Crippen LogP contribution in [0.3, 0.4) is 0 Å². The normalized spacial score (nSPS) is 11.8. The Morgan fingerprint density at radius 3 is 2.17 bits per heavy atom. The van der Waals surface area contributed by atoms with Gasteiger partial charge in [-0.3, -0.25) is 9.62 Å². The van der Waals surface area contributed by atoms with Crippen LogP contribution >= 0.6 is 19.4 Å². The highest BCUT2D eigenvalue weighted by atomic mass is 35.5. The number of hydrogen-bond donors (Lipinski definition) is 4. The molecule has 9 nitrogen and oxygen atoms in total. The van der Waals surface area contributed by atoms with Crippen molar-refractivity contribution in [2.24, 2.45) is 0 Å². The average molecular weight is 555 g/mol. The van der Waals surface area contributed by atoms with Crippen molar-refractivity contribution < 1.29 is 32.4 Å². The van der Waals surface area contributed by atoms with Gasteiger partial charge >= 0.3 is 7.82 Å². The molecule has 3 aromatic rings. The van der Waals surface area contributed by atoms with Gasteiger partial charge in [-0.05, 0) is 60.6 Å². The second-order valence-corrected chi connectivity index (χ2v) is 10.7. The van der Waals surface area contributed by atoms with Crippen LogP contribution in [0.5, 0.6) is 5.75 Å². The second kappa shape index (κ2) is 13.6. The van der Waals surface area contributed by atoms with Gasteiger partial charge in [0.15, 0.2) is 0 Å². The van der Waals surface area contributed by atoms with Crippen LogP contribution < -0.4 is 9.46 Å². The summed E-state index contributed by atoms with van der Waals surface area (Å²) >= 11 is 5.91. The number of para-hydroxylation sites is 1. The molecule has 0 fully saturated rings. The van der Waals surface area contributed by atoms with Gasteiger partial charge in [-0.15, -0.1) is 0 Å². The summed E-state index contributed by atoms with van der Waals surface area (Å²) in [6.07, 6.45) is 4.10. The molecule has 0 aliphatic heterocycles. The smallest absolute Gasteiger partial charge is 0.466 e. The van der Waals surface area contributed by atoms with Gasteiger partial charge in [-0.1, -0.05) is 54.1 Å². The van der Waals surface area contributed by atoms with Crippen molar-refractivity contribution in [3.8, 4) is 5.75 Å². The first-order valence-corrected chi connectivity index (χ1v) is 13.9. The summed E-state index contributed by atoms with van der Waals surface area (Å²) in [5, 5.41) is 0.711. The zero-order valence-corrected chi connectivity index (χ0v) is 22.1. The van der Waals surface area contributed by atoms with E-state index in [2.05, 4.69) is 15.7 Å². The van der Waals surface area contributed by atoms with Crippen LogP contribution in [0.4, 0.5) is 5.69 Å². The van der Waals surface area contributed by atoms with Gasteiger partial charge in [0.1, 0.15) is 5.75 Å². The van der Waals surface area contributed by atoms with E-state index >= 15 is 0 Å². The molecule has 0 radical (unpaired) electrons. The predicted octanol–water partition coefficient (Wildman–Crippen LogP) is 4.37. The van der Waals surface area contributed by atoms with Gasteiger partial charge in [0, 0.05) is 18.1 Å². The number of methoxy groups -OCH3 is 1. The van der Waals surface area contributed by atoms with E-state index in [-0.39, 0.29) is 4.90 Å². The summed E-state index contributed by atoms with van der Waals surface area (Å²) in [6.45, 7) is 1.30. The van der Waals surface area contributed by atoms with Crippen molar-refractivity contribution in [2.45, 2.75) is 11.4 Å². The van der Waals surface area contributed by atoms with E-state index < -0.39 is 17.8 Å². The minimum Gasteiger partial charge on any atom is -0.497 e. The number of phosphoric acid groups is 1. The Balaban J connectivity index is 0.000000830. The fraction of sp³-hybridized carbons (Fsp3) is 0.167. The molecular weight excluding hydrogens is 527 g/mol. The van der Waals surface area contributed by atoms with Crippen LogP contribution in [-0.2, 0) is 21.1 Å². The Morgan fingerprint density at radius 1 is 1.00 bits per heavy atom. The zero-order valence-electron chi connectivity index (χ0n) is 19.7. The summed E-state index contributed by atoms with van der Waals surface area (Å²) in [7, 11) is -4.81. The molecule has 3 aromatic carbocycles. The molecule has 36 heavy (non-hydrogen) atoms. The Kier molecular flexibility index (Phi) is 11.1. The second-order valence-electron chi connectivity index (χ2n) is 7.60. The minimum absolute atomic E-state index is 0.183. The lowest BCUT2D eigenvalue weighted by Crippen LogP contribution is -2.20. The van der Waals surface area contributed by atoms with E-state index in [0.717, 1.165) is 11.1 Å². The number of nitrogens with one attached hydrogen (secondary N) is 1. The molecule has 0 unspecified atom stereocenters. The molecule has 0 aliphatic carbocycles. The van der Waals surface area contributed by atoms with Crippen LogP contribution in [0.2, 0.25) is 5.02 Å². The molecule has 0 saturated carbocycles. The van der Waals surface area contributed by atoms with E-state index in [1.54, 1.807) is 25.3 Å². The van der Waals surface area contributed by atoms with Gasteiger partial charge in [0.2, 0.25) is 0 Å². The molecule has 0 atom stereocenters. The van der Waals surface area contributed by atoms with Crippen molar-refractivity contribution in [1.29, 1.82) is 0 Å². The first-order valence-electron chi connectivity index (χ1n) is 10.5. The van der Waals surface area contributed by atoms with Gasteiger partial charge < -0.3 is 19.4 Å². The van der Waals surface area contributed by atoms with E-state index in [1.807, 2.05) is 55.6 Å². The number of halogens is 1. The Labute approximate surface area is 215 Å². The zero-order chi connectivity index (χ0) is 26.8. The van der Waals surface area contributed by atoms with Crippen LogP contribution in [0.15, 0.2) is 83.8 Å². The Hall–Kier alpha value is -2.69. The topological polar surface area (TPSA) is 136 Å². The van der Waals surface area contributed by atoms with E-state index in [1.165, 1.54) is 12.1 Å². The fourth-order valence-corrected chi connectivity index (χ4v) is 4.24. The molecule has 0 spiro atoms. The lowest BCUT2D eigenvalue weighted by atomic mass is 10.1. The maximum absolute atomic E-state index is 12.8. The highest BCUT2D eigenvalue weighted by molar-refractivity contribution is 7.92. The summed E-state index contributed by atoms with van der Waals surface area (Å²) in [6, 6.07) is 21.3. The maximum Gasteiger partial charge on any atom is 0.466 e. The van der Waals surface area contributed by atoms with Crippen molar-refractivity contribution in [1.82, 2.24) is 4.90 Å². The summed E-state index contributed by atoms with van der Waals surface area (Å²) in [4.78, 5) is 23.8. The lowest BCUT2D eigenvalue weighted by molar-refractivity contribution is 0.275. The summed E-state index contributed by atoms with van der Waals surface area (Å²) < 4.78 is 42.3. The number of rotatable bonds is 9. The minimum atomic E-state index is -4.64. The molecule has 194 valence electrons. The maximum atomic E-state index is 12.8. The SMILES string of the molecule is COc1ccc(S(=O)(=O)Nc2ccccc2CN(C)CC=Cc2ccc(Cl)cc2)cc1.O=P(O)(O)O. The molecule has 12 heteroatoms. The predicted molar refractivity (Wildman–Crippen MR) is 141 cm³/mol. The van der Waals surface area contributed by atoms with Crippen LogP contribution in [0, 0.1) is 0 Å². The number of ether oxygens (including phenoxy) is 1. The van der Waals surface area contributed by atoms with Crippen molar-refractivity contribution >= 4 is 41.2 Å². The molecule has 0 aromatic heterocycles. The average Bonchev–Trinajstić information content (AvgIpc) is 2.80. The lowest BCUT2D eigenvalue weighted by Gasteiger charge is -2.18. The number of likely N-dealkylation sites (N-methyl/N-ethyl adjacent to an activating group) is 1. The molecule has 0 bridgehead atoms. The molecular formula is C24H28ClN2O7PS. The van der Waals surface area contributed by atoms with E-state index in [4.69, 9.17) is 35.6 Å². The summed E-state index contributed by atoms with van der Waals surface area (Å²) in [5.41, 5.74) is 2.53. The van der Waals surface area contributed by atoms with Crippen LogP contribution in [0.25, 0.3) is 6.08 Å². The molecule has 0 aliphatic rings. The fourth-order valence-electron chi connectivity index (χ4n) is 3.01. The van der Waals surface area contributed by atoms with Gasteiger partial charge in [0.05, 0.1) is 17.7 Å².